The highest BCUT2D eigenvalue weighted by atomic mass is 35.5. The maximum absolute atomic E-state index is 13.2. The second-order valence-electron chi connectivity index (χ2n) is 7.40. The number of nitrogens with zero attached hydrogens (tertiary/aromatic N) is 1. The third kappa shape index (κ3) is 3.59. The third-order valence-electron chi connectivity index (χ3n) is 5.44. The molecule has 4 rings (SSSR count). The zero-order valence-corrected chi connectivity index (χ0v) is 18.1. The quantitative estimate of drug-likeness (QED) is 0.333. The van der Waals surface area contributed by atoms with Gasteiger partial charge in [0.15, 0.2) is 11.5 Å². The largest absolute Gasteiger partial charge is 0.507 e. The Hall–Kier alpha value is -3.77. The Bertz CT molecular complexity index is 1250. The van der Waals surface area contributed by atoms with E-state index < -0.39 is 17.7 Å². The van der Waals surface area contributed by atoms with Crippen molar-refractivity contribution in [3.63, 3.8) is 0 Å². The van der Waals surface area contributed by atoms with Crippen molar-refractivity contribution >= 4 is 34.7 Å². The Morgan fingerprint density at radius 2 is 1.75 bits per heavy atom. The molecule has 6 nitrogen and oxygen atoms in total. The molecule has 1 amide bonds. The lowest BCUT2D eigenvalue weighted by molar-refractivity contribution is -0.132. The highest BCUT2D eigenvalue weighted by Crippen LogP contribution is 2.44. The summed E-state index contributed by atoms with van der Waals surface area (Å²) in [6.07, 6.45) is 0. The molecule has 0 aromatic heterocycles. The van der Waals surface area contributed by atoms with Crippen molar-refractivity contribution in [2.24, 2.45) is 0 Å². The molecule has 0 bridgehead atoms. The fraction of sp³-hybridized carbons (Fsp3) is 0.120. The molecule has 1 aliphatic heterocycles. The summed E-state index contributed by atoms with van der Waals surface area (Å²) in [4.78, 5) is 27.6. The molecule has 1 unspecified atom stereocenters. The number of amides is 1. The van der Waals surface area contributed by atoms with Gasteiger partial charge in [0.05, 0.1) is 18.7 Å². The molecule has 0 saturated carbocycles. The average molecular weight is 450 g/mol. The number of ether oxygens (including phenoxy) is 1. The van der Waals surface area contributed by atoms with Crippen LogP contribution in [0.4, 0.5) is 5.69 Å². The molecule has 2 N–H and O–H groups in total. The van der Waals surface area contributed by atoms with Gasteiger partial charge in [-0.15, -0.1) is 0 Å². The number of hydrogen-bond donors (Lipinski definition) is 2. The number of phenolic OH excluding ortho intramolecular Hbond substituents is 1. The number of carbonyl (C=O) groups excluding carboxylic acids is 2. The first-order valence-electron chi connectivity index (χ1n) is 9.83. The smallest absolute Gasteiger partial charge is 0.300 e. The van der Waals surface area contributed by atoms with Crippen LogP contribution in [0.15, 0.2) is 72.3 Å². The number of rotatable bonds is 4. The molecule has 1 saturated heterocycles. The number of aliphatic hydroxyl groups is 1. The molecule has 32 heavy (non-hydrogen) atoms. The molecule has 3 aromatic rings. The van der Waals surface area contributed by atoms with Crippen LogP contribution < -0.4 is 9.64 Å². The summed E-state index contributed by atoms with van der Waals surface area (Å²) in [5.74, 6) is -1.81. The number of Topliss-reactive ketones (excluding diaryl/α,β-unsaturated/α-hetero) is 1. The molecule has 0 aliphatic carbocycles. The number of aliphatic hydroxyl groups excluding tert-OH is 1. The number of halogens is 1. The summed E-state index contributed by atoms with van der Waals surface area (Å²) in [7, 11) is 1.40. The predicted octanol–water partition coefficient (Wildman–Crippen LogP) is 4.99. The molecule has 1 aliphatic rings. The number of benzene rings is 3. The van der Waals surface area contributed by atoms with Gasteiger partial charge in [0.25, 0.3) is 11.7 Å². The van der Waals surface area contributed by atoms with Crippen molar-refractivity contribution in [2.75, 3.05) is 12.0 Å². The van der Waals surface area contributed by atoms with Crippen molar-refractivity contribution in [1.82, 2.24) is 0 Å². The minimum Gasteiger partial charge on any atom is -0.507 e. The number of phenols is 1. The molecule has 1 heterocycles. The monoisotopic (exact) mass is 449 g/mol. The van der Waals surface area contributed by atoms with E-state index in [9.17, 15) is 19.8 Å². The Kier molecular flexibility index (Phi) is 5.63. The van der Waals surface area contributed by atoms with Gasteiger partial charge in [0.1, 0.15) is 5.76 Å². The number of aryl methyl sites for hydroxylation is 1. The molecule has 1 atom stereocenters. The van der Waals surface area contributed by atoms with Gasteiger partial charge in [-0.2, -0.15) is 0 Å². The number of methoxy groups -OCH3 is 1. The van der Waals surface area contributed by atoms with E-state index >= 15 is 0 Å². The second kappa shape index (κ2) is 8.40. The molecule has 7 heteroatoms. The first kappa shape index (κ1) is 21.5. The number of ketones is 1. The Balaban J connectivity index is 1.98. The van der Waals surface area contributed by atoms with Crippen molar-refractivity contribution in [3.05, 3.63) is 94.0 Å². The fourth-order valence-corrected chi connectivity index (χ4v) is 3.94. The van der Waals surface area contributed by atoms with E-state index in [1.807, 2.05) is 6.92 Å². The van der Waals surface area contributed by atoms with Crippen molar-refractivity contribution in [3.8, 4) is 11.5 Å². The Labute approximate surface area is 189 Å². The van der Waals surface area contributed by atoms with Crippen LogP contribution in [0.2, 0.25) is 5.02 Å². The van der Waals surface area contributed by atoms with Crippen molar-refractivity contribution in [2.45, 2.75) is 13.0 Å². The number of hydrogen-bond acceptors (Lipinski definition) is 5. The summed E-state index contributed by atoms with van der Waals surface area (Å²) in [5, 5.41) is 21.5. The van der Waals surface area contributed by atoms with E-state index in [1.165, 1.54) is 24.1 Å². The zero-order valence-electron chi connectivity index (χ0n) is 17.4. The highest BCUT2D eigenvalue weighted by molar-refractivity contribution is 6.51. The van der Waals surface area contributed by atoms with Gasteiger partial charge in [0.2, 0.25) is 0 Å². The molecule has 0 radical (unpaired) electrons. The highest BCUT2D eigenvalue weighted by Gasteiger charge is 2.47. The molecular weight excluding hydrogens is 430 g/mol. The number of anilines is 1. The first-order valence-corrected chi connectivity index (χ1v) is 10.2. The zero-order chi connectivity index (χ0) is 23.0. The van der Waals surface area contributed by atoms with Gasteiger partial charge < -0.3 is 14.9 Å². The fourth-order valence-electron chi connectivity index (χ4n) is 3.76. The normalized spacial score (nSPS) is 17.6. The Morgan fingerprint density at radius 1 is 1.03 bits per heavy atom. The summed E-state index contributed by atoms with van der Waals surface area (Å²) in [6.45, 7) is 1.83. The Morgan fingerprint density at radius 3 is 2.41 bits per heavy atom. The molecule has 3 aromatic carbocycles. The van der Waals surface area contributed by atoms with E-state index in [1.54, 1.807) is 54.6 Å². The maximum Gasteiger partial charge on any atom is 0.300 e. The lowest BCUT2D eigenvalue weighted by Crippen LogP contribution is -2.29. The molecule has 0 spiro atoms. The van der Waals surface area contributed by atoms with E-state index in [-0.39, 0.29) is 22.8 Å². The van der Waals surface area contributed by atoms with Gasteiger partial charge in [-0.25, -0.2) is 0 Å². The minimum atomic E-state index is -0.955. The van der Waals surface area contributed by atoms with Gasteiger partial charge in [0, 0.05) is 16.3 Å². The van der Waals surface area contributed by atoms with Gasteiger partial charge in [-0.3, -0.25) is 14.5 Å². The molecule has 162 valence electrons. The van der Waals surface area contributed by atoms with Crippen molar-refractivity contribution in [1.29, 1.82) is 0 Å². The van der Waals surface area contributed by atoms with Crippen LogP contribution >= 0.6 is 11.6 Å². The standard InChI is InChI=1S/C25H20ClNO5/c1-14-8-10-17(13-18(14)26)27-22(16-9-11-19(28)20(12-16)32-2)21(24(30)25(27)31)23(29)15-6-4-3-5-7-15/h3-13,22,28-29H,1-2H3/b23-21+. The number of carbonyl (C=O) groups is 2. The molecular formula is C25H20ClNO5. The van der Waals surface area contributed by atoms with Gasteiger partial charge in [-0.05, 0) is 42.3 Å². The van der Waals surface area contributed by atoms with Crippen LogP contribution in [0.3, 0.4) is 0 Å². The van der Waals surface area contributed by atoms with E-state index in [0.717, 1.165) is 5.56 Å². The van der Waals surface area contributed by atoms with Crippen LogP contribution in [0.5, 0.6) is 11.5 Å². The van der Waals surface area contributed by atoms with Gasteiger partial charge in [-0.1, -0.05) is 54.1 Å². The third-order valence-corrected chi connectivity index (χ3v) is 5.85. The van der Waals surface area contributed by atoms with Crippen LogP contribution in [0.25, 0.3) is 5.76 Å². The lowest BCUT2D eigenvalue weighted by Gasteiger charge is -2.26. The van der Waals surface area contributed by atoms with Crippen LogP contribution in [0.1, 0.15) is 22.7 Å². The molecule has 1 fully saturated rings. The average Bonchev–Trinajstić information content (AvgIpc) is 3.06. The summed E-state index contributed by atoms with van der Waals surface area (Å²) in [5.41, 5.74) is 2.05. The minimum absolute atomic E-state index is 0.0642. The second-order valence-corrected chi connectivity index (χ2v) is 7.81. The SMILES string of the molecule is COc1cc(C2/C(=C(\O)c3ccccc3)C(=O)C(=O)N2c2ccc(C)c(Cl)c2)ccc1O. The van der Waals surface area contributed by atoms with Crippen LogP contribution in [0, 0.1) is 6.92 Å². The summed E-state index contributed by atoms with van der Waals surface area (Å²) >= 11 is 6.30. The maximum atomic E-state index is 13.2. The van der Waals surface area contributed by atoms with Crippen LogP contribution in [-0.4, -0.2) is 29.0 Å². The summed E-state index contributed by atoms with van der Waals surface area (Å²) < 4.78 is 5.22. The number of aromatic hydroxyl groups is 1. The van der Waals surface area contributed by atoms with E-state index in [0.29, 0.717) is 21.8 Å². The topological polar surface area (TPSA) is 87.1 Å². The van der Waals surface area contributed by atoms with E-state index in [4.69, 9.17) is 16.3 Å². The summed E-state index contributed by atoms with van der Waals surface area (Å²) in [6, 6.07) is 17.2. The van der Waals surface area contributed by atoms with E-state index in [2.05, 4.69) is 0 Å². The first-order chi connectivity index (χ1) is 15.3. The predicted molar refractivity (Wildman–Crippen MR) is 122 cm³/mol. The van der Waals surface area contributed by atoms with Gasteiger partial charge >= 0.3 is 0 Å². The lowest BCUT2D eigenvalue weighted by atomic mass is 9.94. The van der Waals surface area contributed by atoms with Crippen LogP contribution in [-0.2, 0) is 9.59 Å². The van der Waals surface area contributed by atoms with Crippen molar-refractivity contribution < 1.29 is 24.5 Å².